The largest absolute Gasteiger partial charge is 0.456 e. The Morgan fingerprint density at radius 1 is 0.389 bits per heavy atom. The van der Waals surface area contributed by atoms with Crippen molar-refractivity contribution in [3.63, 3.8) is 0 Å². The van der Waals surface area contributed by atoms with Crippen LogP contribution in [-0.2, 0) is 0 Å². The molecule has 10 aromatic rings. The molecule has 0 aliphatic rings. The molecule has 0 bridgehead atoms. The fourth-order valence-corrected chi connectivity index (χ4v) is 15.2. The molecular weight excluding hydrogens is 669 g/mol. The van der Waals surface area contributed by atoms with Gasteiger partial charge in [-0.1, -0.05) is 191 Å². The van der Waals surface area contributed by atoms with Gasteiger partial charge in [-0.2, -0.15) is 0 Å². The van der Waals surface area contributed by atoms with Crippen molar-refractivity contribution in [1.29, 1.82) is 0 Å². The molecule has 1 nitrogen and oxygen atoms in total. The van der Waals surface area contributed by atoms with E-state index in [0.29, 0.717) is 0 Å². The third-order valence-corrected chi connectivity index (χ3v) is 17.5. The third-order valence-electron chi connectivity index (χ3n) is 11.7. The Bertz CT molecular complexity index is 2930. The third kappa shape index (κ3) is 4.84. The van der Waals surface area contributed by atoms with Crippen LogP contribution < -0.4 is 15.6 Å². The number of hydrogen-bond donors (Lipinski definition) is 0. The van der Waals surface area contributed by atoms with Crippen molar-refractivity contribution in [2.24, 2.45) is 0 Å². The molecule has 0 fully saturated rings. The summed E-state index contributed by atoms with van der Waals surface area (Å²) in [7, 11) is -2.84. The van der Waals surface area contributed by atoms with Gasteiger partial charge in [-0.05, 0) is 93.4 Å². The highest BCUT2D eigenvalue weighted by atomic mass is 28.3. The van der Waals surface area contributed by atoms with Crippen LogP contribution in [0.4, 0.5) is 0 Å². The van der Waals surface area contributed by atoms with Crippen LogP contribution >= 0.6 is 0 Å². The summed E-state index contributed by atoms with van der Waals surface area (Å²) in [5.74, 6) is 0. The van der Waals surface area contributed by atoms with Crippen molar-refractivity contribution in [3.05, 3.63) is 188 Å². The standard InChI is InChI=1S/C52H40OSi/c1-52(2,3)54(39-20-6-4-7-21-39,40-22-8-5-9-23-40)48-34-38(33-46-41-24-16-17-29-47(41)53-51(46)48)50-44-27-14-12-25-42(44)49(43-26-13-15-28-45(43)50)37-31-30-35-18-10-11-19-36(35)32-37/h4-34H,1-3H3. The molecule has 1 heterocycles. The van der Waals surface area contributed by atoms with Gasteiger partial charge in [0.2, 0.25) is 0 Å². The van der Waals surface area contributed by atoms with Gasteiger partial charge in [0, 0.05) is 10.8 Å². The maximum Gasteiger partial charge on any atom is 0.158 e. The van der Waals surface area contributed by atoms with Crippen LogP contribution in [0.2, 0.25) is 5.04 Å². The summed E-state index contributed by atoms with van der Waals surface area (Å²) >= 11 is 0. The Morgan fingerprint density at radius 3 is 1.44 bits per heavy atom. The van der Waals surface area contributed by atoms with Crippen LogP contribution in [0.25, 0.3) is 76.5 Å². The minimum Gasteiger partial charge on any atom is -0.456 e. The molecule has 9 aromatic carbocycles. The molecule has 0 aliphatic heterocycles. The van der Waals surface area contributed by atoms with Gasteiger partial charge in [0.15, 0.2) is 8.07 Å². The minimum absolute atomic E-state index is 0.121. The highest BCUT2D eigenvalue weighted by Gasteiger charge is 2.51. The van der Waals surface area contributed by atoms with Crippen LogP contribution in [0.15, 0.2) is 192 Å². The molecule has 0 spiro atoms. The lowest BCUT2D eigenvalue weighted by atomic mass is 9.85. The van der Waals surface area contributed by atoms with Crippen molar-refractivity contribution in [2.45, 2.75) is 25.8 Å². The van der Waals surface area contributed by atoms with Crippen LogP contribution in [0.3, 0.4) is 0 Å². The molecule has 0 radical (unpaired) electrons. The quantitative estimate of drug-likeness (QED) is 0.0985. The average Bonchev–Trinajstić information content (AvgIpc) is 3.59. The number of hydrogen-bond acceptors (Lipinski definition) is 1. The van der Waals surface area contributed by atoms with Crippen LogP contribution in [0.5, 0.6) is 0 Å². The summed E-state index contributed by atoms with van der Waals surface area (Å²) in [6, 6.07) is 69.6. The lowest BCUT2D eigenvalue weighted by Crippen LogP contribution is -2.72. The summed E-state index contributed by atoms with van der Waals surface area (Å²) in [4.78, 5) is 0. The van der Waals surface area contributed by atoms with E-state index in [1.807, 2.05) is 0 Å². The van der Waals surface area contributed by atoms with Crippen molar-refractivity contribution in [1.82, 2.24) is 0 Å². The Hall–Kier alpha value is -6.22. The Balaban J connectivity index is 1.38. The first kappa shape index (κ1) is 32.4. The van der Waals surface area contributed by atoms with E-state index in [2.05, 4.69) is 209 Å². The summed E-state index contributed by atoms with van der Waals surface area (Å²) in [5, 5.41) is 13.8. The van der Waals surface area contributed by atoms with Gasteiger partial charge < -0.3 is 4.42 Å². The van der Waals surface area contributed by atoms with Crippen molar-refractivity contribution in [2.75, 3.05) is 0 Å². The maximum atomic E-state index is 7.04. The molecule has 10 rings (SSSR count). The van der Waals surface area contributed by atoms with Gasteiger partial charge in [0.1, 0.15) is 11.2 Å². The molecule has 0 aliphatic carbocycles. The van der Waals surface area contributed by atoms with Crippen molar-refractivity contribution in [3.8, 4) is 22.3 Å². The van der Waals surface area contributed by atoms with E-state index in [9.17, 15) is 0 Å². The SMILES string of the molecule is CC(C)(C)[Si](c1ccccc1)(c1ccccc1)c1cc(-c2c3ccccc3c(-c3ccc4ccccc4c3)c3ccccc23)cc2c1oc1ccccc12. The first-order valence-corrected chi connectivity index (χ1v) is 20.9. The van der Waals surface area contributed by atoms with Gasteiger partial charge in [0.05, 0.1) is 0 Å². The monoisotopic (exact) mass is 708 g/mol. The number of fused-ring (bicyclic) bond motifs is 6. The predicted octanol–water partition coefficient (Wildman–Crippen LogP) is 12.6. The molecule has 0 atom stereocenters. The van der Waals surface area contributed by atoms with E-state index >= 15 is 0 Å². The zero-order valence-electron chi connectivity index (χ0n) is 30.8. The highest BCUT2D eigenvalue weighted by molar-refractivity contribution is 7.14. The summed E-state index contributed by atoms with van der Waals surface area (Å²) < 4.78 is 7.04. The molecular formula is C52H40OSi. The average molecular weight is 709 g/mol. The highest BCUT2D eigenvalue weighted by Crippen LogP contribution is 2.46. The second-order valence-electron chi connectivity index (χ2n) is 15.6. The summed E-state index contributed by atoms with van der Waals surface area (Å²) in [6.45, 7) is 7.30. The molecule has 0 N–H and O–H groups in total. The normalized spacial score (nSPS) is 12.4. The second-order valence-corrected chi connectivity index (χ2v) is 20.3. The van der Waals surface area contributed by atoms with E-state index in [-0.39, 0.29) is 5.04 Å². The summed E-state index contributed by atoms with van der Waals surface area (Å²) in [5.41, 5.74) is 6.90. The number of furan rings is 1. The van der Waals surface area contributed by atoms with E-state index < -0.39 is 8.07 Å². The molecule has 1 aromatic heterocycles. The molecule has 0 amide bonds. The van der Waals surface area contributed by atoms with E-state index in [4.69, 9.17) is 4.42 Å². The van der Waals surface area contributed by atoms with Crippen LogP contribution in [0, 0.1) is 0 Å². The van der Waals surface area contributed by atoms with Gasteiger partial charge in [0.25, 0.3) is 0 Å². The van der Waals surface area contributed by atoms with Crippen molar-refractivity contribution < 1.29 is 4.42 Å². The Labute approximate surface area is 317 Å². The second kappa shape index (κ2) is 12.4. The first-order chi connectivity index (χ1) is 26.4. The van der Waals surface area contributed by atoms with Crippen LogP contribution in [-0.4, -0.2) is 8.07 Å². The molecule has 0 saturated heterocycles. The Kier molecular flexibility index (Phi) is 7.47. The van der Waals surface area contributed by atoms with E-state index in [1.54, 1.807) is 0 Å². The molecule has 0 saturated carbocycles. The van der Waals surface area contributed by atoms with Gasteiger partial charge >= 0.3 is 0 Å². The molecule has 0 unspecified atom stereocenters. The molecule has 2 heteroatoms. The Morgan fingerprint density at radius 2 is 0.870 bits per heavy atom. The lowest BCUT2D eigenvalue weighted by molar-refractivity contribution is 0.669. The van der Waals surface area contributed by atoms with Crippen molar-refractivity contribution >= 4 is 77.9 Å². The number of benzene rings is 9. The number of rotatable bonds is 5. The van der Waals surface area contributed by atoms with E-state index in [1.165, 1.54) is 70.1 Å². The smallest absolute Gasteiger partial charge is 0.158 e. The fraction of sp³-hybridized carbons (Fsp3) is 0.0769. The first-order valence-electron chi connectivity index (χ1n) is 18.9. The topological polar surface area (TPSA) is 13.1 Å². The minimum atomic E-state index is -2.84. The van der Waals surface area contributed by atoms with Gasteiger partial charge in [-0.3, -0.25) is 0 Å². The van der Waals surface area contributed by atoms with E-state index in [0.717, 1.165) is 21.9 Å². The van der Waals surface area contributed by atoms with Gasteiger partial charge in [-0.15, -0.1) is 0 Å². The van der Waals surface area contributed by atoms with Gasteiger partial charge in [-0.25, -0.2) is 0 Å². The predicted molar refractivity (Wildman–Crippen MR) is 234 cm³/mol. The molecule has 258 valence electrons. The zero-order chi connectivity index (χ0) is 36.4. The summed E-state index contributed by atoms with van der Waals surface area (Å²) in [6.07, 6.45) is 0. The van der Waals surface area contributed by atoms with Crippen LogP contribution in [0.1, 0.15) is 20.8 Å². The number of para-hydroxylation sites is 1. The lowest BCUT2D eigenvalue weighted by Gasteiger charge is -2.44. The zero-order valence-corrected chi connectivity index (χ0v) is 31.8. The molecule has 54 heavy (non-hydrogen) atoms. The maximum absolute atomic E-state index is 7.04. The fourth-order valence-electron chi connectivity index (χ4n) is 9.47.